The van der Waals surface area contributed by atoms with Crippen molar-refractivity contribution in [2.75, 3.05) is 26.2 Å². The third-order valence-corrected chi connectivity index (χ3v) is 2.50. The first-order chi connectivity index (χ1) is 8.09. The summed E-state index contributed by atoms with van der Waals surface area (Å²) in [6, 6.07) is 0. The van der Waals surface area contributed by atoms with Gasteiger partial charge in [0.2, 0.25) is 0 Å². The number of hydrogen-bond acceptors (Lipinski definition) is 3. The summed E-state index contributed by atoms with van der Waals surface area (Å²) in [6.45, 7) is 5.09. The van der Waals surface area contributed by atoms with Crippen LogP contribution >= 0.6 is 0 Å². The average molecular weight is 268 g/mol. The molecule has 1 rings (SSSR count). The molecule has 1 saturated heterocycles. The fraction of sp³-hybridized carbons (Fsp3) is 0.909. The summed E-state index contributed by atoms with van der Waals surface area (Å²) in [5, 5.41) is 2.68. The molecule has 4 nitrogen and oxygen atoms in total. The Morgan fingerprint density at radius 2 is 1.94 bits per heavy atom. The van der Waals surface area contributed by atoms with Crippen LogP contribution in [0.15, 0.2) is 0 Å². The molecule has 1 aliphatic rings. The molecule has 1 unspecified atom stereocenters. The third-order valence-electron chi connectivity index (χ3n) is 2.50. The van der Waals surface area contributed by atoms with Gasteiger partial charge in [0.05, 0.1) is 5.92 Å². The van der Waals surface area contributed by atoms with E-state index < -0.39 is 23.8 Å². The van der Waals surface area contributed by atoms with E-state index in [1.54, 1.807) is 20.8 Å². The number of halogens is 3. The summed E-state index contributed by atoms with van der Waals surface area (Å²) in [5.41, 5.74) is -0.704. The molecule has 18 heavy (non-hydrogen) atoms. The molecule has 0 bridgehead atoms. The van der Waals surface area contributed by atoms with Crippen LogP contribution in [0.3, 0.4) is 0 Å². The quantitative estimate of drug-likeness (QED) is 0.730. The van der Waals surface area contributed by atoms with Gasteiger partial charge in [0.15, 0.2) is 0 Å². The minimum Gasteiger partial charge on any atom is -0.444 e. The lowest BCUT2D eigenvalue weighted by molar-refractivity contribution is -0.175. The Morgan fingerprint density at radius 3 is 2.44 bits per heavy atom. The smallest absolute Gasteiger partial charge is 0.410 e. The maximum Gasteiger partial charge on any atom is 0.410 e. The summed E-state index contributed by atoms with van der Waals surface area (Å²) >= 11 is 0. The third kappa shape index (κ3) is 4.72. The predicted octanol–water partition coefficient (Wildman–Crippen LogP) is 2.01. The second-order valence-corrected chi connectivity index (χ2v) is 5.37. The Morgan fingerprint density at radius 1 is 1.33 bits per heavy atom. The number of hydrogen-bond donors (Lipinski definition) is 1. The molecule has 1 amide bonds. The zero-order valence-corrected chi connectivity index (χ0v) is 10.8. The van der Waals surface area contributed by atoms with Crippen molar-refractivity contribution in [2.24, 2.45) is 5.92 Å². The molecule has 1 atom stereocenters. The monoisotopic (exact) mass is 268 g/mol. The standard InChI is InChI=1S/C11H19F3N2O2/c1-10(2,3)18-9(17)16-5-4-15-6-8(7-16)11(12,13)14/h8,15H,4-7H2,1-3H3. The van der Waals surface area contributed by atoms with Crippen molar-refractivity contribution in [1.82, 2.24) is 10.2 Å². The van der Waals surface area contributed by atoms with Crippen molar-refractivity contribution in [3.8, 4) is 0 Å². The van der Waals surface area contributed by atoms with Gasteiger partial charge in [0.1, 0.15) is 5.60 Å². The number of nitrogens with zero attached hydrogens (tertiary/aromatic N) is 1. The SMILES string of the molecule is CC(C)(C)OC(=O)N1CCNCC(C(F)(F)F)C1. The van der Waals surface area contributed by atoms with Crippen LogP contribution in [0.2, 0.25) is 0 Å². The van der Waals surface area contributed by atoms with E-state index in [0.717, 1.165) is 4.90 Å². The van der Waals surface area contributed by atoms with E-state index >= 15 is 0 Å². The molecule has 0 saturated carbocycles. The van der Waals surface area contributed by atoms with Crippen LogP contribution in [-0.4, -0.2) is 48.9 Å². The summed E-state index contributed by atoms with van der Waals surface area (Å²) in [4.78, 5) is 12.9. The number of carbonyl (C=O) groups excluding carboxylic acids is 1. The van der Waals surface area contributed by atoms with E-state index in [-0.39, 0.29) is 19.6 Å². The molecule has 0 aromatic rings. The van der Waals surface area contributed by atoms with Crippen LogP contribution in [0, 0.1) is 5.92 Å². The number of rotatable bonds is 0. The largest absolute Gasteiger partial charge is 0.444 e. The fourth-order valence-electron chi connectivity index (χ4n) is 1.62. The zero-order valence-electron chi connectivity index (χ0n) is 10.8. The van der Waals surface area contributed by atoms with E-state index in [1.165, 1.54) is 0 Å². The molecule has 0 aliphatic carbocycles. The maximum atomic E-state index is 12.7. The zero-order chi connectivity index (χ0) is 14.0. The van der Waals surface area contributed by atoms with Gasteiger partial charge in [-0.05, 0) is 20.8 Å². The van der Waals surface area contributed by atoms with Gasteiger partial charge in [-0.25, -0.2) is 4.79 Å². The molecular weight excluding hydrogens is 249 g/mol. The normalized spacial score (nSPS) is 22.6. The van der Waals surface area contributed by atoms with Crippen molar-refractivity contribution in [1.29, 1.82) is 0 Å². The number of amides is 1. The molecule has 0 aromatic heterocycles. The number of ether oxygens (including phenoxy) is 1. The molecule has 106 valence electrons. The van der Waals surface area contributed by atoms with Gasteiger partial charge < -0.3 is 15.0 Å². The fourth-order valence-corrected chi connectivity index (χ4v) is 1.62. The van der Waals surface area contributed by atoms with E-state index in [4.69, 9.17) is 4.74 Å². The van der Waals surface area contributed by atoms with Gasteiger partial charge in [-0.15, -0.1) is 0 Å². The van der Waals surface area contributed by atoms with Gasteiger partial charge in [-0.3, -0.25) is 0 Å². The van der Waals surface area contributed by atoms with Crippen molar-refractivity contribution >= 4 is 6.09 Å². The molecule has 0 radical (unpaired) electrons. The number of nitrogens with one attached hydrogen (secondary N) is 1. The minimum atomic E-state index is -4.31. The molecule has 1 fully saturated rings. The number of carbonyl (C=O) groups is 1. The highest BCUT2D eigenvalue weighted by Gasteiger charge is 2.42. The lowest BCUT2D eigenvalue weighted by Crippen LogP contribution is -2.43. The highest BCUT2D eigenvalue weighted by atomic mass is 19.4. The van der Waals surface area contributed by atoms with Crippen molar-refractivity contribution < 1.29 is 22.7 Å². The van der Waals surface area contributed by atoms with Crippen LogP contribution in [0.5, 0.6) is 0 Å². The van der Waals surface area contributed by atoms with Crippen molar-refractivity contribution in [2.45, 2.75) is 32.5 Å². The van der Waals surface area contributed by atoms with E-state index in [0.29, 0.717) is 6.54 Å². The van der Waals surface area contributed by atoms with Crippen LogP contribution in [0.1, 0.15) is 20.8 Å². The maximum absolute atomic E-state index is 12.7. The second kappa shape index (κ2) is 5.34. The number of alkyl halides is 3. The Labute approximate surface area is 104 Å². The molecular formula is C11H19F3N2O2. The molecule has 7 heteroatoms. The van der Waals surface area contributed by atoms with Crippen LogP contribution in [0.4, 0.5) is 18.0 Å². The highest BCUT2D eigenvalue weighted by molar-refractivity contribution is 5.68. The van der Waals surface area contributed by atoms with Gasteiger partial charge in [0.25, 0.3) is 0 Å². The van der Waals surface area contributed by atoms with Gasteiger partial charge in [-0.1, -0.05) is 0 Å². The Hall–Kier alpha value is -0.980. The summed E-state index contributed by atoms with van der Waals surface area (Å²) < 4.78 is 43.1. The first kappa shape index (κ1) is 15.1. The van der Waals surface area contributed by atoms with Crippen LogP contribution in [-0.2, 0) is 4.74 Å². The summed E-state index contributed by atoms with van der Waals surface area (Å²) in [7, 11) is 0. The van der Waals surface area contributed by atoms with E-state index in [9.17, 15) is 18.0 Å². The lowest BCUT2D eigenvalue weighted by Gasteiger charge is -2.28. The van der Waals surface area contributed by atoms with Crippen molar-refractivity contribution in [3.05, 3.63) is 0 Å². The van der Waals surface area contributed by atoms with Gasteiger partial charge in [-0.2, -0.15) is 13.2 Å². The predicted molar refractivity (Wildman–Crippen MR) is 60.2 cm³/mol. The Balaban J connectivity index is 2.67. The van der Waals surface area contributed by atoms with E-state index in [1.807, 2.05) is 0 Å². The van der Waals surface area contributed by atoms with E-state index in [2.05, 4.69) is 5.32 Å². The molecule has 0 aromatic carbocycles. The Bertz CT molecular complexity index is 300. The Kier molecular flexibility index (Phi) is 4.47. The van der Waals surface area contributed by atoms with Crippen molar-refractivity contribution in [3.63, 3.8) is 0 Å². The topological polar surface area (TPSA) is 41.6 Å². The van der Waals surface area contributed by atoms with Crippen LogP contribution in [0.25, 0.3) is 0 Å². The molecule has 0 spiro atoms. The molecule has 1 aliphatic heterocycles. The van der Waals surface area contributed by atoms with Gasteiger partial charge in [0, 0.05) is 26.2 Å². The molecule has 1 N–H and O–H groups in total. The lowest BCUT2D eigenvalue weighted by atomic mass is 10.1. The highest BCUT2D eigenvalue weighted by Crippen LogP contribution is 2.27. The average Bonchev–Trinajstić information content (AvgIpc) is 2.38. The summed E-state index contributed by atoms with van der Waals surface area (Å²) in [6.07, 6.45) is -5.00. The van der Waals surface area contributed by atoms with Gasteiger partial charge >= 0.3 is 12.3 Å². The summed E-state index contributed by atoms with van der Waals surface area (Å²) in [5.74, 6) is -1.55. The van der Waals surface area contributed by atoms with Crippen LogP contribution < -0.4 is 5.32 Å². The molecule has 1 heterocycles. The second-order valence-electron chi connectivity index (χ2n) is 5.37. The minimum absolute atomic E-state index is 0.164. The first-order valence-electron chi connectivity index (χ1n) is 5.85. The first-order valence-corrected chi connectivity index (χ1v) is 5.85.